The average Bonchev–Trinajstić information content (AvgIpc) is 2.52. The van der Waals surface area contributed by atoms with Gasteiger partial charge < -0.3 is 9.84 Å². The molecule has 0 spiro atoms. The number of nitrogens with zero attached hydrogens (tertiary/aromatic N) is 2. The zero-order valence-corrected chi connectivity index (χ0v) is 10.7. The van der Waals surface area contributed by atoms with E-state index in [0.29, 0.717) is 5.89 Å². The predicted octanol–water partition coefficient (Wildman–Crippen LogP) is 0.819. The van der Waals surface area contributed by atoms with Crippen LogP contribution in [-0.2, 0) is 15.6 Å². The molecular formula is C10H17N3O3S. The van der Waals surface area contributed by atoms with E-state index in [4.69, 9.17) is 4.52 Å². The van der Waals surface area contributed by atoms with Gasteiger partial charge in [0, 0.05) is 6.26 Å². The highest BCUT2D eigenvalue weighted by atomic mass is 32.2. The molecule has 1 atom stereocenters. The van der Waals surface area contributed by atoms with Crippen molar-refractivity contribution in [3.63, 3.8) is 0 Å². The molecule has 0 bridgehead atoms. The molecule has 2 rings (SSSR count). The number of aromatic nitrogens is 2. The van der Waals surface area contributed by atoms with Crippen molar-refractivity contribution in [3.8, 4) is 0 Å². The molecule has 1 fully saturated rings. The van der Waals surface area contributed by atoms with E-state index < -0.39 is 9.84 Å². The maximum Gasteiger partial charge on any atom is 0.243 e. The highest BCUT2D eigenvalue weighted by Crippen LogP contribution is 2.21. The Bertz CT molecular complexity index is 461. The Morgan fingerprint density at radius 3 is 3.00 bits per heavy atom. The molecule has 0 amide bonds. The summed E-state index contributed by atoms with van der Waals surface area (Å²) >= 11 is 0. The summed E-state index contributed by atoms with van der Waals surface area (Å²) in [7, 11) is -3.11. The lowest BCUT2D eigenvalue weighted by Gasteiger charge is -2.09. The molecular weight excluding hydrogens is 242 g/mol. The fourth-order valence-corrected chi connectivity index (χ4v) is 2.53. The molecule has 0 radical (unpaired) electrons. The standard InChI is InChI=1S/C10H17N3O3S/c1-17(14,15)7-9-12-10(16-13-9)8-5-3-2-4-6-11-8/h8,11H,2-7H2,1H3. The van der Waals surface area contributed by atoms with Crippen molar-refractivity contribution in [1.29, 1.82) is 0 Å². The molecule has 1 saturated heterocycles. The summed E-state index contributed by atoms with van der Waals surface area (Å²) in [5, 5.41) is 7.03. The topological polar surface area (TPSA) is 85.1 Å². The fourth-order valence-electron chi connectivity index (χ4n) is 1.94. The molecule has 17 heavy (non-hydrogen) atoms. The van der Waals surface area contributed by atoms with Crippen LogP contribution in [0.5, 0.6) is 0 Å². The average molecular weight is 259 g/mol. The van der Waals surface area contributed by atoms with Crippen LogP contribution < -0.4 is 5.32 Å². The summed E-state index contributed by atoms with van der Waals surface area (Å²) in [5.41, 5.74) is 0. The van der Waals surface area contributed by atoms with Crippen molar-refractivity contribution in [3.05, 3.63) is 11.7 Å². The SMILES string of the molecule is CS(=O)(=O)Cc1noc(C2CCCCCN2)n1. The molecule has 7 heteroatoms. The van der Waals surface area contributed by atoms with Gasteiger partial charge in [-0.3, -0.25) is 0 Å². The Labute approximate surface area is 101 Å². The van der Waals surface area contributed by atoms with Crippen LogP contribution in [0.25, 0.3) is 0 Å². The summed E-state index contributed by atoms with van der Waals surface area (Å²) < 4.78 is 27.3. The van der Waals surface area contributed by atoms with Crippen LogP contribution >= 0.6 is 0 Å². The Morgan fingerprint density at radius 1 is 1.41 bits per heavy atom. The van der Waals surface area contributed by atoms with Crippen molar-refractivity contribution < 1.29 is 12.9 Å². The normalized spacial score (nSPS) is 22.3. The largest absolute Gasteiger partial charge is 0.338 e. The minimum Gasteiger partial charge on any atom is -0.338 e. The molecule has 1 aromatic heterocycles. The van der Waals surface area contributed by atoms with Crippen molar-refractivity contribution >= 4 is 9.84 Å². The van der Waals surface area contributed by atoms with Crippen LogP contribution in [0.1, 0.15) is 43.4 Å². The lowest BCUT2D eigenvalue weighted by Crippen LogP contribution is -2.20. The van der Waals surface area contributed by atoms with Crippen LogP contribution in [0.3, 0.4) is 0 Å². The van der Waals surface area contributed by atoms with Gasteiger partial charge in [-0.15, -0.1) is 0 Å². The summed E-state index contributed by atoms with van der Waals surface area (Å²) in [4.78, 5) is 4.14. The van der Waals surface area contributed by atoms with E-state index in [1.165, 1.54) is 6.42 Å². The molecule has 0 aliphatic carbocycles. The highest BCUT2D eigenvalue weighted by Gasteiger charge is 2.21. The van der Waals surface area contributed by atoms with E-state index in [1.807, 2.05) is 0 Å². The van der Waals surface area contributed by atoms with E-state index >= 15 is 0 Å². The number of nitrogens with one attached hydrogen (secondary N) is 1. The maximum absolute atomic E-state index is 11.1. The maximum atomic E-state index is 11.1. The lowest BCUT2D eigenvalue weighted by atomic mass is 10.1. The Morgan fingerprint density at radius 2 is 2.24 bits per heavy atom. The summed E-state index contributed by atoms with van der Waals surface area (Å²) in [5.74, 6) is 0.586. The van der Waals surface area contributed by atoms with Crippen molar-refractivity contribution in [2.75, 3.05) is 12.8 Å². The monoisotopic (exact) mass is 259 g/mol. The van der Waals surface area contributed by atoms with Crippen molar-refractivity contribution in [2.45, 2.75) is 37.5 Å². The molecule has 6 nitrogen and oxygen atoms in total. The Hall–Kier alpha value is -0.950. The third-order valence-electron chi connectivity index (χ3n) is 2.73. The minimum absolute atomic E-state index is 0.0679. The first-order chi connectivity index (χ1) is 8.04. The Balaban J connectivity index is 2.06. The first-order valence-corrected chi connectivity index (χ1v) is 7.84. The van der Waals surface area contributed by atoms with Crippen LogP contribution in [0.4, 0.5) is 0 Å². The molecule has 1 unspecified atom stereocenters. The van der Waals surface area contributed by atoms with Crippen LogP contribution in [0.15, 0.2) is 4.52 Å². The lowest BCUT2D eigenvalue weighted by molar-refractivity contribution is 0.325. The molecule has 2 heterocycles. The third kappa shape index (κ3) is 3.78. The van der Waals surface area contributed by atoms with Gasteiger partial charge in [0.15, 0.2) is 15.7 Å². The minimum atomic E-state index is -3.11. The van der Waals surface area contributed by atoms with E-state index in [2.05, 4.69) is 15.5 Å². The van der Waals surface area contributed by atoms with Crippen molar-refractivity contribution in [2.24, 2.45) is 0 Å². The van der Waals surface area contributed by atoms with Gasteiger partial charge in [-0.05, 0) is 19.4 Å². The van der Waals surface area contributed by atoms with Gasteiger partial charge in [0.05, 0.1) is 6.04 Å². The number of rotatable bonds is 3. The molecule has 1 N–H and O–H groups in total. The Kier molecular flexibility index (Phi) is 3.78. The van der Waals surface area contributed by atoms with E-state index in [9.17, 15) is 8.42 Å². The second-order valence-corrected chi connectivity index (χ2v) is 6.62. The van der Waals surface area contributed by atoms with Crippen LogP contribution in [0, 0.1) is 0 Å². The van der Waals surface area contributed by atoms with Gasteiger partial charge in [0.1, 0.15) is 5.75 Å². The van der Waals surface area contributed by atoms with Crippen LogP contribution in [0.2, 0.25) is 0 Å². The van der Waals surface area contributed by atoms with Gasteiger partial charge in [0.2, 0.25) is 5.89 Å². The molecule has 96 valence electrons. The van der Waals surface area contributed by atoms with Gasteiger partial charge in [-0.1, -0.05) is 18.0 Å². The number of hydrogen-bond donors (Lipinski definition) is 1. The van der Waals surface area contributed by atoms with E-state index in [0.717, 1.165) is 32.1 Å². The second-order valence-electron chi connectivity index (χ2n) is 4.47. The summed E-state index contributed by atoms with van der Waals surface area (Å²) in [6.45, 7) is 0.939. The summed E-state index contributed by atoms with van der Waals surface area (Å²) in [6.07, 6.45) is 5.60. The first kappa shape index (κ1) is 12.5. The highest BCUT2D eigenvalue weighted by molar-refractivity contribution is 7.89. The molecule has 0 saturated carbocycles. The predicted molar refractivity (Wildman–Crippen MR) is 62.1 cm³/mol. The number of sulfone groups is 1. The van der Waals surface area contributed by atoms with Crippen LogP contribution in [-0.4, -0.2) is 31.4 Å². The number of hydrogen-bond acceptors (Lipinski definition) is 6. The van der Waals surface area contributed by atoms with Gasteiger partial charge >= 0.3 is 0 Å². The first-order valence-electron chi connectivity index (χ1n) is 5.78. The molecule has 1 aliphatic rings. The molecule has 1 aromatic rings. The van der Waals surface area contributed by atoms with E-state index in [-0.39, 0.29) is 17.6 Å². The fraction of sp³-hybridized carbons (Fsp3) is 0.800. The zero-order chi connectivity index (χ0) is 12.3. The molecule has 1 aliphatic heterocycles. The zero-order valence-electron chi connectivity index (χ0n) is 9.85. The summed E-state index contributed by atoms with van der Waals surface area (Å²) in [6, 6.07) is 0.0679. The third-order valence-corrected chi connectivity index (χ3v) is 3.52. The van der Waals surface area contributed by atoms with Gasteiger partial charge in [-0.2, -0.15) is 4.98 Å². The smallest absolute Gasteiger partial charge is 0.243 e. The molecule has 0 aromatic carbocycles. The van der Waals surface area contributed by atoms with Gasteiger partial charge in [-0.25, -0.2) is 8.42 Å². The van der Waals surface area contributed by atoms with Crippen molar-refractivity contribution in [1.82, 2.24) is 15.5 Å². The second kappa shape index (κ2) is 5.14. The van der Waals surface area contributed by atoms with E-state index in [1.54, 1.807) is 0 Å². The quantitative estimate of drug-likeness (QED) is 0.865. The van der Waals surface area contributed by atoms with Gasteiger partial charge in [0.25, 0.3) is 0 Å².